The maximum absolute atomic E-state index is 11.9. The molecule has 0 unspecified atom stereocenters. The third kappa shape index (κ3) is 6.10. The fraction of sp³-hybridized carbons (Fsp3) is 0.500. The topological polar surface area (TPSA) is 87.7 Å². The van der Waals surface area contributed by atoms with Crippen molar-refractivity contribution in [1.29, 1.82) is 0 Å². The Bertz CT molecular complexity index is 635. The Morgan fingerprint density at radius 3 is 2.44 bits per heavy atom. The second kappa shape index (κ2) is 8.00. The van der Waals surface area contributed by atoms with Crippen molar-refractivity contribution < 1.29 is 19.1 Å². The maximum Gasteiger partial charge on any atom is 0.407 e. The van der Waals surface area contributed by atoms with Gasteiger partial charge in [0.25, 0.3) is 0 Å². The van der Waals surface area contributed by atoms with Crippen LogP contribution in [0.5, 0.6) is 0 Å². The van der Waals surface area contributed by atoms with Crippen LogP contribution >= 0.6 is 0 Å². The van der Waals surface area contributed by atoms with Crippen molar-refractivity contribution in [2.24, 2.45) is 0 Å². The van der Waals surface area contributed by atoms with Crippen molar-refractivity contribution in [2.45, 2.75) is 45.6 Å². The molecule has 1 aliphatic rings. The van der Waals surface area contributed by atoms with Gasteiger partial charge in [-0.15, -0.1) is 0 Å². The van der Waals surface area contributed by atoms with E-state index in [-0.39, 0.29) is 24.8 Å². The summed E-state index contributed by atoms with van der Waals surface area (Å²) < 4.78 is 5.09. The summed E-state index contributed by atoms with van der Waals surface area (Å²) in [7, 11) is 0. The zero-order valence-corrected chi connectivity index (χ0v) is 14.9. The predicted molar refractivity (Wildman–Crippen MR) is 95.5 cm³/mol. The quantitative estimate of drug-likeness (QED) is 0.857. The molecule has 0 aromatic heterocycles. The first-order chi connectivity index (χ1) is 11.7. The van der Waals surface area contributed by atoms with Crippen LogP contribution in [0, 0.1) is 0 Å². The zero-order valence-electron chi connectivity index (χ0n) is 14.9. The van der Waals surface area contributed by atoms with Gasteiger partial charge >= 0.3 is 6.09 Å². The number of carbonyl (C=O) groups excluding carboxylic acids is 3. The molecular weight excluding hydrogens is 322 g/mol. The summed E-state index contributed by atoms with van der Waals surface area (Å²) in [6, 6.07) is 7.16. The number of hydrogen-bond donors (Lipinski definition) is 2. The number of carbonyl (C=O) groups is 3. The predicted octanol–water partition coefficient (Wildman–Crippen LogP) is 2.67. The molecule has 136 valence electrons. The van der Waals surface area contributed by atoms with E-state index >= 15 is 0 Å². The van der Waals surface area contributed by atoms with Crippen molar-refractivity contribution in [3.05, 3.63) is 24.3 Å². The molecule has 0 atom stereocenters. The van der Waals surface area contributed by atoms with Gasteiger partial charge in [0.2, 0.25) is 11.8 Å². The van der Waals surface area contributed by atoms with E-state index in [4.69, 9.17) is 4.74 Å². The zero-order chi connectivity index (χ0) is 18.4. The Labute approximate surface area is 147 Å². The summed E-state index contributed by atoms with van der Waals surface area (Å²) in [5.41, 5.74) is 0.926. The summed E-state index contributed by atoms with van der Waals surface area (Å²) in [4.78, 5) is 36.9. The van der Waals surface area contributed by atoms with Crippen molar-refractivity contribution in [1.82, 2.24) is 5.32 Å². The molecule has 0 spiro atoms. The first-order valence-electron chi connectivity index (χ1n) is 8.42. The standard InChI is InChI=1S/C18H25N3O4/c1-18(2,3)25-17(24)19-11-10-15(22)20-13-6-8-14(9-7-13)21-12-4-5-16(21)23/h6-9H,4-5,10-12H2,1-3H3,(H,19,24)(H,20,22). The highest BCUT2D eigenvalue weighted by Gasteiger charge is 2.21. The van der Waals surface area contributed by atoms with E-state index in [1.807, 2.05) is 12.1 Å². The number of nitrogens with one attached hydrogen (secondary N) is 2. The second-order valence-corrected chi connectivity index (χ2v) is 6.92. The van der Waals surface area contributed by atoms with Crippen LogP contribution in [-0.4, -0.2) is 36.6 Å². The van der Waals surface area contributed by atoms with E-state index in [0.29, 0.717) is 12.1 Å². The van der Waals surface area contributed by atoms with E-state index < -0.39 is 11.7 Å². The first kappa shape index (κ1) is 18.8. The van der Waals surface area contributed by atoms with Crippen LogP contribution in [0.3, 0.4) is 0 Å². The Morgan fingerprint density at radius 2 is 1.88 bits per heavy atom. The summed E-state index contributed by atoms with van der Waals surface area (Å²) in [5, 5.41) is 5.30. The summed E-state index contributed by atoms with van der Waals surface area (Å²) in [6.45, 7) is 6.26. The molecule has 1 fully saturated rings. The first-order valence-corrected chi connectivity index (χ1v) is 8.42. The summed E-state index contributed by atoms with van der Waals surface area (Å²) in [6.07, 6.45) is 1.07. The van der Waals surface area contributed by atoms with Gasteiger partial charge in [-0.05, 0) is 51.5 Å². The van der Waals surface area contributed by atoms with Crippen molar-refractivity contribution >= 4 is 29.3 Å². The van der Waals surface area contributed by atoms with Crippen LogP contribution in [-0.2, 0) is 14.3 Å². The molecule has 1 saturated heterocycles. The SMILES string of the molecule is CC(C)(C)OC(=O)NCCC(=O)Nc1ccc(N2CCCC2=O)cc1. The molecule has 1 aromatic carbocycles. The van der Waals surface area contributed by atoms with Crippen molar-refractivity contribution in [3.8, 4) is 0 Å². The highest BCUT2D eigenvalue weighted by molar-refractivity contribution is 5.96. The van der Waals surface area contributed by atoms with E-state index in [2.05, 4.69) is 10.6 Å². The number of anilines is 2. The van der Waals surface area contributed by atoms with Gasteiger partial charge in [0.05, 0.1) is 0 Å². The average Bonchev–Trinajstić information content (AvgIpc) is 2.92. The van der Waals surface area contributed by atoms with Crippen LogP contribution < -0.4 is 15.5 Å². The summed E-state index contributed by atoms with van der Waals surface area (Å²) >= 11 is 0. The minimum atomic E-state index is -0.565. The molecule has 2 N–H and O–H groups in total. The van der Waals surface area contributed by atoms with Gasteiger partial charge in [-0.2, -0.15) is 0 Å². The number of amides is 3. The van der Waals surface area contributed by atoms with E-state index in [9.17, 15) is 14.4 Å². The molecule has 2 rings (SSSR count). The van der Waals surface area contributed by atoms with Crippen LogP contribution in [0.25, 0.3) is 0 Å². The van der Waals surface area contributed by atoms with Gasteiger partial charge in [-0.3, -0.25) is 9.59 Å². The number of rotatable bonds is 5. The lowest BCUT2D eigenvalue weighted by atomic mass is 10.2. The third-order valence-electron chi connectivity index (χ3n) is 3.56. The summed E-state index contributed by atoms with van der Waals surface area (Å²) in [5.74, 6) is -0.0777. The lowest BCUT2D eigenvalue weighted by molar-refractivity contribution is -0.117. The lowest BCUT2D eigenvalue weighted by Crippen LogP contribution is -2.34. The van der Waals surface area contributed by atoms with Crippen molar-refractivity contribution in [3.63, 3.8) is 0 Å². The molecule has 1 aliphatic heterocycles. The fourth-order valence-corrected chi connectivity index (χ4v) is 2.46. The van der Waals surface area contributed by atoms with Crippen molar-refractivity contribution in [2.75, 3.05) is 23.3 Å². The van der Waals surface area contributed by atoms with Crippen LogP contribution in [0.2, 0.25) is 0 Å². The molecule has 0 saturated carbocycles. The second-order valence-electron chi connectivity index (χ2n) is 6.92. The van der Waals surface area contributed by atoms with E-state index in [1.165, 1.54) is 0 Å². The largest absolute Gasteiger partial charge is 0.444 e. The lowest BCUT2D eigenvalue weighted by Gasteiger charge is -2.19. The molecule has 7 nitrogen and oxygen atoms in total. The Balaban J connectivity index is 1.75. The Morgan fingerprint density at radius 1 is 1.20 bits per heavy atom. The van der Waals surface area contributed by atoms with Crippen LogP contribution in [0.4, 0.5) is 16.2 Å². The number of alkyl carbamates (subject to hydrolysis) is 1. The molecular formula is C18H25N3O4. The van der Waals surface area contributed by atoms with Gasteiger partial charge in [-0.25, -0.2) is 4.79 Å². The molecule has 7 heteroatoms. The van der Waals surface area contributed by atoms with E-state index in [0.717, 1.165) is 18.7 Å². The minimum Gasteiger partial charge on any atom is -0.444 e. The van der Waals surface area contributed by atoms with E-state index in [1.54, 1.807) is 37.8 Å². The van der Waals surface area contributed by atoms with Gasteiger partial charge in [0.15, 0.2) is 0 Å². The highest BCUT2D eigenvalue weighted by atomic mass is 16.6. The Hall–Kier alpha value is -2.57. The smallest absolute Gasteiger partial charge is 0.407 e. The third-order valence-corrected chi connectivity index (χ3v) is 3.56. The van der Waals surface area contributed by atoms with Crippen LogP contribution in [0.1, 0.15) is 40.0 Å². The van der Waals surface area contributed by atoms with Gasteiger partial charge in [0.1, 0.15) is 5.60 Å². The minimum absolute atomic E-state index is 0.130. The van der Waals surface area contributed by atoms with Gasteiger partial charge in [0, 0.05) is 37.3 Å². The number of nitrogens with zero attached hydrogens (tertiary/aromatic N) is 1. The van der Waals surface area contributed by atoms with Gasteiger partial charge in [-0.1, -0.05) is 0 Å². The molecule has 1 heterocycles. The molecule has 3 amide bonds. The molecule has 0 radical (unpaired) electrons. The fourth-order valence-electron chi connectivity index (χ4n) is 2.46. The Kier molecular flexibility index (Phi) is 6.01. The number of benzene rings is 1. The molecule has 0 aliphatic carbocycles. The average molecular weight is 347 g/mol. The molecule has 25 heavy (non-hydrogen) atoms. The normalized spacial score (nSPS) is 14.4. The highest BCUT2D eigenvalue weighted by Crippen LogP contribution is 2.23. The number of hydrogen-bond acceptors (Lipinski definition) is 4. The van der Waals surface area contributed by atoms with Crippen LogP contribution in [0.15, 0.2) is 24.3 Å². The molecule has 0 bridgehead atoms. The molecule has 1 aromatic rings. The maximum atomic E-state index is 11.9. The number of ether oxygens (including phenoxy) is 1. The van der Waals surface area contributed by atoms with Gasteiger partial charge < -0.3 is 20.3 Å². The monoisotopic (exact) mass is 347 g/mol.